The summed E-state index contributed by atoms with van der Waals surface area (Å²) < 4.78 is 2.36. The first kappa shape index (κ1) is 11.8. The summed E-state index contributed by atoms with van der Waals surface area (Å²) in [6, 6.07) is 8.38. The van der Waals surface area contributed by atoms with Crippen LogP contribution in [-0.2, 0) is 6.54 Å². The Morgan fingerprint density at radius 1 is 1.28 bits per heavy atom. The van der Waals surface area contributed by atoms with Crippen LogP contribution in [0.2, 0.25) is 0 Å². The molecule has 1 saturated carbocycles. The molecule has 0 radical (unpaired) electrons. The fourth-order valence-electron chi connectivity index (χ4n) is 3.24. The Labute approximate surface area is 108 Å². The summed E-state index contributed by atoms with van der Waals surface area (Å²) in [5, 5.41) is 11.0. The van der Waals surface area contributed by atoms with E-state index < -0.39 is 6.10 Å². The molecule has 1 aromatic carbocycles. The molecule has 1 N–H and O–H groups in total. The van der Waals surface area contributed by atoms with E-state index in [9.17, 15) is 5.11 Å². The van der Waals surface area contributed by atoms with Gasteiger partial charge in [0.15, 0.2) is 0 Å². The highest BCUT2D eigenvalue weighted by Gasteiger charge is 2.17. The standard InChI is InChI=1S/C16H21NO/c1-12(18)14-7-4-8-16-15(14)9-10-17(16)11-13-5-2-3-6-13/h4,7-10,12-13,18H,2-3,5-6,11H2,1H3. The van der Waals surface area contributed by atoms with Crippen LogP contribution >= 0.6 is 0 Å². The van der Waals surface area contributed by atoms with Crippen molar-refractivity contribution < 1.29 is 5.11 Å². The fourth-order valence-corrected chi connectivity index (χ4v) is 3.24. The summed E-state index contributed by atoms with van der Waals surface area (Å²) in [5.41, 5.74) is 2.30. The van der Waals surface area contributed by atoms with E-state index in [1.807, 2.05) is 13.0 Å². The van der Waals surface area contributed by atoms with Gasteiger partial charge in [0, 0.05) is 23.6 Å². The molecule has 0 bridgehead atoms. The first-order valence-corrected chi connectivity index (χ1v) is 7.01. The maximum Gasteiger partial charge on any atom is 0.0768 e. The Kier molecular flexibility index (Phi) is 3.13. The summed E-state index contributed by atoms with van der Waals surface area (Å²) in [5.74, 6) is 0.843. The molecule has 0 saturated heterocycles. The molecule has 1 aromatic heterocycles. The van der Waals surface area contributed by atoms with Crippen LogP contribution in [0.5, 0.6) is 0 Å². The topological polar surface area (TPSA) is 25.2 Å². The number of nitrogens with zero attached hydrogens (tertiary/aromatic N) is 1. The van der Waals surface area contributed by atoms with Crippen LogP contribution in [0.15, 0.2) is 30.5 Å². The smallest absolute Gasteiger partial charge is 0.0768 e. The van der Waals surface area contributed by atoms with Crippen molar-refractivity contribution in [2.24, 2.45) is 5.92 Å². The average Bonchev–Trinajstić information content (AvgIpc) is 2.99. The number of rotatable bonds is 3. The van der Waals surface area contributed by atoms with E-state index in [1.165, 1.54) is 36.6 Å². The molecule has 2 heteroatoms. The highest BCUT2D eigenvalue weighted by Crippen LogP contribution is 2.30. The Morgan fingerprint density at radius 3 is 2.78 bits per heavy atom. The zero-order chi connectivity index (χ0) is 12.5. The van der Waals surface area contributed by atoms with Crippen molar-refractivity contribution in [3.63, 3.8) is 0 Å². The second-order valence-electron chi connectivity index (χ2n) is 5.57. The van der Waals surface area contributed by atoms with E-state index >= 15 is 0 Å². The maximum absolute atomic E-state index is 9.81. The van der Waals surface area contributed by atoms with Crippen LogP contribution in [0.25, 0.3) is 10.9 Å². The minimum atomic E-state index is -0.393. The van der Waals surface area contributed by atoms with Crippen LogP contribution in [0.1, 0.15) is 44.3 Å². The third-order valence-corrected chi connectivity index (χ3v) is 4.23. The molecule has 1 aliphatic rings. The van der Waals surface area contributed by atoms with Gasteiger partial charge in [-0.05, 0) is 43.4 Å². The van der Waals surface area contributed by atoms with Crippen LogP contribution in [-0.4, -0.2) is 9.67 Å². The van der Waals surface area contributed by atoms with Gasteiger partial charge in [-0.15, -0.1) is 0 Å². The molecule has 0 aliphatic heterocycles. The van der Waals surface area contributed by atoms with E-state index in [1.54, 1.807) is 0 Å². The average molecular weight is 243 g/mol. The van der Waals surface area contributed by atoms with E-state index in [0.717, 1.165) is 18.0 Å². The zero-order valence-electron chi connectivity index (χ0n) is 11.0. The summed E-state index contributed by atoms with van der Waals surface area (Å²) in [7, 11) is 0. The van der Waals surface area contributed by atoms with Crippen molar-refractivity contribution in [1.82, 2.24) is 4.57 Å². The number of aliphatic hydroxyl groups is 1. The minimum absolute atomic E-state index is 0.393. The SMILES string of the molecule is CC(O)c1cccc2c1ccn2CC1CCCC1. The van der Waals surface area contributed by atoms with Crippen molar-refractivity contribution >= 4 is 10.9 Å². The number of hydrogen-bond donors (Lipinski definition) is 1. The maximum atomic E-state index is 9.81. The molecular formula is C16H21NO. The fraction of sp³-hybridized carbons (Fsp3) is 0.500. The normalized spacial score (nSPS) is 18.6. The lowest BCUT2D eigenvalue weighted by Gasteiger charge is -2.12. The van der Waals surface area contributed by atoms with Gasteiger partial charge in [-0.3, -0.25) is 0 Å². The van der Waals surface area contributed by atoms with Crippen molar-refractivity contribution in [1.29, 1.82) is 0 Å². The molecule has 1 atom stereocenters. The van der Waals surface area contributed by atoms with Crippen LogP contribution in [0, 0.1) is 5.92 Å². The van der Waals surface area contributed by atoms with Gasteiger partial charge < -0.3 is 9.67 Å². The van der Waals surface area contributed by atoms with Crippen molar-refractivity contribution in [3.8, 4) is 0 Å². The summed E-state index contributed by atoms with van der Waals surface area (Å²) in [4.78, 5) is 0. The minimum Gasteiger partial charge on any atom is -0.389 e. The Bertz CT molecular complexity index is 535. The van der Waals surface area contributed by atoms with Crippen molar-refractivity contribution in [2.45, 2.75) is 45.3 Å². The monoisotopic (exact) mass is 243 g/mol. The largest absolute Gasteiger partial charge is 0.389 e. The third-order valence-electron chi connectivity index (χ3n) is 4.23. The quantitative estimate of drug-likeness (QED) is 0.869. The van der Waals surface area contributed by atoms with Gasteiger partial charge in [0.05, 0.1) is 6.10 Å². The molecular weight excluding hydrogens is 222 g/mol. The number of fused-ring (bicyclic) bond motifs is 1. The van der Waals surface area contributed by atoms with E-state index in [0.29, 0.717) is 0 Å². The molecule has 96 valence electrons. The molecule has 1 heterocycles. The first-order valence-electron chi connectivity index (χ1n) is 7.01. The second kappa shape index (κ2) is 4.77. The predicted molar refractivity (Wildman–Crippen MR) is 74.5 cm³/mol. The lowest BCUT2D eigenvalue weighted by Crippen LogP contribution is -2.06. The van der Waals surface area contributed by atoms with Gasteiger partial charge in [-0.2, -0.15) is 0 Å². The molecule has 1 fully saturated rings. The third kappa shape index (κ3) is 2.05. The molecule has 18 heavy (non-hydrogen) atoms. The Balaban J connectivity index is 1.96. The molecule has 2 aromatic rings. The highest BCUT2D eigenvalue weighted by molar-refractivity contribution is 5.84. The van der Waals surface area contributed by atoms with Crippen LogP contribution < -0.4 is 0 Å². The van der Waals surface area contributed by atoms with E-state index in [-0.39, 0.29) is 0 Å². The van der Waals surface area contributed by atoms with Crippen LogP contribution in [0.3, 0.4) is 0 Å². The molecule has 0 spiro atoms. The van der Waals surface area contributed by atoms with Crippen molar-refractivity contribution in [3.05, 3.63) is 36.0 Å². The number of aromatic nitrogens is 1. The number of benzene rings is 1. The second-order valence-corrected chi connectivity index (χ2v) is 5.57. The lowest BCUT2D eigenvalue weighted by atomic mass is 10.1. The lowest BCUT2D eigenvalue weighted by molar-refractivity contribution is 0.201. The molecule has 2 nitrogen and oxygen atoms in total. The predicted octanol–water partition coefficient (Wildman–Crippen LogP) is 3.88. The van der Waals surface area contributed by atoms with E-state index in [4.69, 9.17) is 0 Å². The van der Waals surface area contributed by atoms with Crippen LogP contribution in [0.4, 0.5) is 0 Å². The summed E-state index contributed by atoms with van der Waals surface area (Å²) >= 11 is 0. The number of hydrogen-bond acceptors (Lipinski definition) is 1. The molecule has 0 amide bonds. The summed E-state index contributed by atoms with van der Waals surface area (Å²) in [6.07, 6.45) is 7.31. The molecule has 3 rings (SSSR count). The Morgan fingerprint density at radius 2 is 2.06 bits per heavy atom. The molecule has 1 aliphatic carbocycles. The van der Waals surface area contributed by atoms with Crippen molar-refractivity contribution in [2.75, 3.05) is 0 Å². The zero-order valence-corrected chi connectivity index (χ0v) is 11.0. The highest BCUT2D eigenvalue weighted by atomic mass is 16.3. The summed E-state index contributed by atoms with van der Waals surface area (Å²) in [6.45, 7) is 2.97. The van der Waals surface area contributed by atoms with Gasteiger partial charge in [0.1, 0.15) is 0 Å². The molecule has 1 unspecified atom stereocenters. The van der Waals surface area contributed by atoms with Gasteiger partial charge in [-0.25, -0.2) is 0 Å². The van der Waals surface area contributed by atoms with Gasteiger partial charge in [-0.1, -0.05) is 25.0 Å². The first-order chi connectivity index (χ1) is 8.75. The van der Waals surface area contributed by atoms with Gasteiger partial charge in [0.2, 0.25) is 0 Å². The Hall–Kier alpha value is -1.28. The van der Waals surface area contributed by atoms with Gasteiger partial charge in [0.25, 0.3) is 0 Å². The van der Waals surface area contributed by atoms with Gasteiger partial charge >= 0.3 is 0 Å². The van der Waals surface area contributed by atoms with E-state index in [2.05, 4.69) is 29.0 Å². The number of aliphatic hydroxyl groups excluding tert-OH is 1.